The van der Waals surface area contributed by atoms with E-state index in [4.69, 9.17) is 4.74 Å². The fourth-order valence-corrected chi connectivity index (χ4v) is 3.60. The van der Waals surface area contributed by atoms with Crippen LogP contribution in [0.4, 0.5) is 5.69 Å². The molecular weight excluding hydrogens is 369 g/mol. The van der Waals surface area contributed by atoms with E-state index < -0.39 is 7.05 Å². The Morgan fingerprint density at radius 1 is 1.28 bits per heavy atom. The average Bonchev–Trinajstić information content (AvgIpc) is 3.14. The van der Waals surface area contributed by atoms with E-state index >= 15 is 0 Å². The molecule has 0 spiro atoms. The van der Waals surface area contributed by atoms with Gasteiger partial charge in [0, 0.05) is 30.5 Å². The van der Waals surface area contributed by atoms with Crippen LogP contribution in [0.2, 0.25) is 6.82 Å². The van der Waals surface area contributed by atoms with E-state index in [9.17, 15) is 14.6 Å². The Labute approximate surface area is 171 Å². The first-order valence-electron chi connectivity index (χ1n) is 10.2. The zero-order valence-electron chi connectivity index (χ0n) is 17.0. The van der Waals surface area contributed by atoms with Crippen LogP contribution in [0.3, 0.4) is 0 Å². The quantitative estimate of drug-likeness (QED) is 0.566. The number of ether oxygens (including phenoxy) is 1. The lowest BCUT2D eigenvalue weighted by atomic mass is 9.85. The Balaban J connectivity index is 1.55. The van der Waals surface area contributed by atoms with Crippen LogP contribution >= 0.6 is 0 Å². The van der Waals surface area contributed by atoms with E-state index in [1.807, 2.05) is 4.81 Å². The molecule has 0 fully saturated rings. The Kier molecular flexibility index (Phi) is 7.11. The maximum Gasteiger partial charge on any atom is 0.376 e. The molecular formula is C21H28BN3O4. The predicted octanol–water partition coefficient (Wildman–Crippen LogP) is 2.99. The van der Waals surface area contributed by atoms with Crippen LogP contribution in [0.5, 0.6) is 5.75 Å². The Hall–Kier alpha value is -2.58. The van der Waals surface area contributed by atoms with Crippen LogP contribution < -0.4 is 10.1 Å². The van der Waals surface area contributed by atoms with E-state index in [0.29, 0.717) is 42.1 Å². The number of nitrogens with zero attached hydrogens (tertiary/aromatic N) is 1. The maximum atomic E-state index is 12.6. The largest absolute Gasteiger partial charge is 0.492 e. The molecule has 8 heteroatoms. The highest BCUT2D eigenvalue weighted by Gasteiger charge is 2.25. The Morgan fingerprint density at radius 3 is 2.72 bits per heavy atom. The van der Waals surface area contributed by atoms with E-state index in [-0.39, 0.29) is 11.7 Å². The van der Waals surface area contributed by atoms with Gasteiger partial charge in [0.2, 0.25) is 0 Å². The van der Waals surface area contributed by atoms with Gasteiger partial charge in [-0.05, 0) is 56.9 Å². The minimum atomic E-state index is -0.498. The fourth-order valence-electron chi connectivity index (χ4n) is 3.60. The molecule has 1 heterocycles. The van der Waals surface area contributed by atoms with Gasteiger partial charge in [0.25, 0.3) is 5.91 Å². The highest BCUT2D eigenvalue weighted by molar-refractivity contribution is 6.45. The number of carbonyl (C=O) groups is 2. The number of carbonyl (C=O) groups excluding carboxylic acids is 2. The molecule has 0 saturated heterocycles. The van der Waals surface area contributed by atoms with Gasteiger partial charge in [-0.25, -0.2) is 0 Å². The van der Waals surface area contributed by atoms with Crippen molar-refractivity contribution in [1.82, 2.24) is 9.79 Å². The van der Waals surface area contributed by atoms with Gasteiger partial charge in [-0.15, -0.1) is 0 Å². The third-order valence-electron chi connectivity index (χ3n) is 5.11. The van der Waals surface area contributed by atoms with Crippen molar-refractivity contribution in [1.29, 1.82) is 0 Å². The molecule has 1 aliphatic rings. The topological polar surface area (TPSA) is 94.7 Å². The number of anilines is 1. The number of H-pyrrole nitrogens is 1. The van der Waals surface area contributed by atoms with Crippen LogP contribution in [-0.2, 0) is 6.42 Å². The fraction of sp³-hybridized carbons (Fsp3) is 0.429. The van der Waals surface area contributed by atoms with Crippen molar-refractivity contribution in [2.75, 3.05) is 25.0 Å². The average molecular weight is 397 g/mol. The summed E-state index contributed by atoms with van der Waals surface area (Å²) < 4.78 is 5.74. The molecule has 0 radical (unpaired) electrons. The third-order valence-corrected chi connectivity index (χ3v) is 5.11. The second kappa shape index (κ2) is 9.76. The first kappa shape index (κ1) is 21.1. The van der Waals surface area contributed by atoms with Crippen molar-refractivity contribution in [3.8, 4) is 5.75 Å². The van der Waals surface area contributed by atoms with Gasteiger partial charge in [-0.2, -0.15) is 0 Å². The second-order valence-electron chi connectivity index (χ2n) is 7.33. The third kappa shape index (κ3) is 5.28. The number of aromatic amines is 1. The summed E-state index contributed by atoms with van der Waals surface area (Å²) in [5.74, 6) is 0.425. The zero-order chi connectivity index (χ0) is 20.8. The van der Waals surface area contributed by atoms with Crippen LogP contribution in [0.15, 0.2) is 30.5 Å². The molecule has 1 aliphatic carbocycles. The molecule has 0 saturated carbocycles. The summed E-state index contributed by atoms with van der Waals surface area (Å²) in [4.78, 5) is 29.8. The number of aryl methyl sites for hydroxylation is 1. The van der Waals surface area contributed by atoms with Gasteiger partial charge in [-0.3, -0.25) is 9.59 Å². The van der Waals surface area contributed by atoms with E-state index in [0.717, 1.165) is 31.5 Å². The number of fused-ring (bicyclic) bond motifs is 1. The molecule has 1 aromatic heterocycles. The summed E-state index contributed by atoms with van der Waals surface area (Å²) >= 11 is 0. The lowest BCUT2D eigenvalue weighted by Crippen LogP contribution is -2.40. The standard InChI is InChI=1S/C21H28BN3O4/c1-3-11-25(22(2)28)12-13-29-16-9-7-15(8-10-16)24-21(27)17-14-23-18-5-4-6-19(26)20(17)18/h7-10,14,23,28H,3-6,11-13H2,1-2H3,(H,24,27). The smallest absolute Gasteiger partial charge is 0.376 e. The van der Waals surface area contributed by atoms with Crippen molar-refractivity contribution in [3.05, 3.63) is 47.3 Å². The number of rotatable bonds is 9. The zero-order valence-corrected chi connectivity index (χ0v) is 17.0. The predicted molar refractivity (Wildman–Crippen MR) is 114 cm³/mol. The number of amides is 1. The summed E-state index contributed by atoms with van der Waals surface area (Å²) in [6, 6.07) is 7.12. The summed E-state index contributed by atoms with van der Waals surface area (Å²) in [7, 11) is -0.498. The van der Waals surface area contributed by atoms with Crippen LogP contribution in [0.25, 0.3) is 0 Å². The number of ketones is 1. The first-order chi connectivity index (χ1) is 14.0. The minimum absolute atomic E-state index is 0.0238. The summed E-state index contributed by atoms with van der Waals surface area (Å²) in [6.45, 7) is 5.74. The molecule has 0 unspecified atom stereocenters. The molecule has 2 aromatic rings. The van der Waals surface area contributed by atoms with Gasteiger partial charge in [-0.1, -0.05) is 6.92 Å². The second-order valence-corrected chi connectivity index (χ2v) is 7.33. The SMILES string of the molecule is CCCN(CCOc1ccc(NC(=O)c2c[nH]c3c2C(=O)CCC3)cc1)B(C)O. The van der Waals surface area contributed by atoms with Crippen molar-refractivity contribution in [2.24, 2.45) is 0 Å². The van der Waals surface area contributed by atoms with Gasteiger partial charge in [0.15, 0.2) is 5.78 Å². The van der Waals surface area contributed by atoms with E-state index in [1.54, 1.807) is 37.3 Å². The van der Waals surface area contributed by atoms with E-state index in [1.165, 1.54) is 0 Å². The number of aromatic nitrogens is 1. The number of hydrogen-bond acceptors (Lipinski definition) is 5. The molecule has 29 heavy (non-hydrogen) atoms. The lowest BCUT2D eigenvalue weighted by molar-refractivity contribution is 0.0956. The maximum absolute atomic E-state index is 12.6. The van der Waals surface area contributed by atoms with Gasteiger partial charge in [0.05, 0.1) is 17.7 Å². The monoisotopic (exact) mass is 397 g/mol. The van der Waals surface area contributed by atoms with Gasteiger partial charge < -0.3 is 24.9 Å². The van der Waals surface area contributed by atoms with Gasteiger partial charge in [0.1, 0.15) is 5.75 Å². The molecule has 154 valence electrons. The molecule has 3 rings (SSSR count). The van der Waals surface area contributed by atoms with Crippen molar-refractivity contribution in [3.63, 3.8) is 0 Å². The Morgan fingerprint density at radius 2 is 2.03 bits per heavy atom. The summed E-state index contributed by atoms with van der Waals surface area (Å²) in [5.41, 5.74) is 2.42. The first-order valence-corrected chi connectivity index (χ1v) is 10.2. The van der Waals surface area contributed by atoms with E-state index in [2.05, 4.69) is 17.2 Å². The summed E-state index contributed by atoms with van der Waals surface area (Å²) in [5, 5.41) is 12.6. The van der Waals surface area contributed by atoms with Crippen molar-refractivity contribution < 1.29 is 19.3 Å². The van der Waals surface area contributed by atoms with Gasteiger partial charge >= 0.3 is 7.05 Å². The van der Waals surface area contributed by atoms with Crippen LogP contribution in [-0.4, -0.2) is 53.3 Å². The minimum Gasteiger partial charge on any atom is -0.492 e. The molecule has 7 nitrogen and oxygen atoms in total. The van der Waals surface area contributed by atoms with Crippen molar-refractivity contribution in [2.45, 2.75) is 39.4 Å². The molecule has 0 atom stereocenters. The normalized spacial score (nSPS) is 13.3. The molecule has 0 aliphatic heterocycles. The number of nitrogens with one attached hydrogen (secondary N) is 2. The molecule has 0 bridgehead atoms. The Bertz CT molecular complexity index is 848. The van der Waals surface area contributed by atoms with Crippen molar-refractivity contribution >= 4 is 24.4 Å². The molecule has 1 aromatic carbocycles. The number of Topliss-reactive ketones (excluding diaryl/α,β-unsaturated/α-hetero) is 1. The number of hydrogen-bond donors (Lipinski definition) is 3. The van der Waals surface area contributed by atoms with Crippen LogP contribution in [0.1, 0.15) is 52.6 Å². The highest BCUT2D eigenvalue weighted by atomic mass is 16.5. The van der Waals surface area contributed by atoms with Crippen LogP contribution in [0, 0.1) is 0 Å². The summed E-state index contributed by atoms with van der Waals surface area (Å²) in [6.07, 6.45) is 4.69. The molecule has 1 amide bonds. The number of benzene rings is 1. The lowest BCUT2D eigenvalue weighted by Gasteiger charge is -2.22. The highest BCUT2D eigenvalue weighted by Crippen LogP contribution is 2.25. The molecule has 3 N–H and O–H groups in total.